The van der Waals surface area contributed by atoms with Crippen molar-refractivity contribution in [2.24, 2.45) is 0 Å². The van der Waals surface area contributed by atoms with Crippen molar-refractivity contribution in [1.29, 1.82) is 0 Å². The molecule has 0 aromatic carbocycles. The van der Waals surface area contributed by atoms with Gasteiger partial charge in [0.05, 0.1) is 6.61 Å². The number of carbonyl (C=O) groups excluding carboxylic acids is 1. The first-order valence-electron chi connectivity index (χ1n) is 4.06. The summed E-state index contributed by atoms with van der Waals surface area (Å²) in [6, 6.07) is -0.0519. The Morgan fingerprint density at radius 3 is 3.00 bits per heavy atom. The number of ether oxygens (including phenoxy) is 3. The van der Waals surface area contributed by atoms with Crippen LogP contribution in [0.5, 0.6) is 0 Å². The Bertz CT molecular complexity index is 198. The lowest BCUT2D eigenvalue weighted by Gasteiger charge is -2.45. The van der Waals surface area contributed by atoms with Gasteiger partial charge in [0.25, 0.3) is 0 Å². The number of nitrogens with one attached hydrogen (secondary N) is 1. The van der Waals surface area contributed by atoms with E-state index in [9.17, 15) is 4.79 Å². The van der Waals surface area contributed by atoms with Gasteiger partial charge in [0.15, 0.2) is 0 Å². The van der Waals surface area contributed by atoms with Crippen LogP contribution in [-0.2, 0) is 14.2 Å². The fourth-order valence-corrected chi connectivity index (χ4v) is 1.49. The minimum Gasteiger partial charge on any atom is -0.364 e. The molecule has 0 aromatic heterocycles. The van der Waals surface area contributed by atoms with Gasteiger partial charge in [0.1, 0.15) is 6.04 Å². The molecular weight excluding hydrogens is 162 g/mol. The predicted molar refractivity (Wildman–Crippen MR) is 38.3 cm³/mol. The van der Waals surface area contributed by atoms with E-state index >= 15 is 0 Å². The molecular formula is C7H11NO4. The molecule has 5 nitrogen and oxygen atoms in total. The van der Waals surface area contributed by atoms with Gasteiger partial charge in [-0.05, 0) is 6.42 Å². The first-order chi connectivity index (χ1) is 5.77. The smallest absolute Gasteiger partial charge is 0.364 e. The van der Waals surface area contributed by atoms with Crippen molar-refractivity contribution in [3.05, 3.63) is 0 Å². The first kappa shape index (κ1) is 7.82. The van der Waals surface area contributed by atoms with Crippen molar-refractivity contribution in [3.63, 3.8) is 0 Å². The summed E-state index contributed by atoms with van der Waals surface area (Å²) in [6.45, 7) is 3.24. The van der Waals surface area contributed by atoms with E-state index in [0.29, 0.717) is 6.61 Å². The summed E-state index contributed by atoms with van der Waals surface area (Å²) in [5.74, 6) is -1.12. The predicted octanol–water partition coefficient (Wildman–Crippen LogP) is 0.205. The molecule has 0 amide bonds. The van der Waals surface area contributed by atoms with Crippen LogP contribution in [0.15, 0.2) is 0 Å². The Kier molecular flexibility index (Phi) is 1.69. The van der Waals surface area contributed by atoms with E-state index in [-0.39, 0.29) is 6.04 Å². The summed E-state index contributed by atoms with van der Waals surface area (Å²) in [4.78, 5) is 10.5. The molecule has 0 radical (unpaired) electrons. The standard InChI is InChI=1S/C7H11NO4/c1-2-5-7(10-4-3-8-5)11-6(9)12-7/h5,8H,2-4H2,1H3. The van der Waals surface area contributed by atoms with Crippen LogP contribution in [0.2, 0.25) is 0 Å². The molecule has 12 heavy (non-hydrogen) atoms. The Morgan fingerprint density at radius 1 is 1.67 bits per heavy atom. The monoisotopic (exact) mass is 173 g/mol. The average molecular weight is 173 g/mol. The maximum absolute atomic E-state index is 10.5. The fourth-order valence-electron chi connectivity index (χ4n) is 1.49. The number of morpholine rings is 1. The summed E-state index contributed by atoms with van der Waals surface area (Å²) in [5, 5.41) is 3.15. The molecule has 0 saturated carbocycles. The third kappa shape index (κ3) is 0.971. The second kappa shape index (κ2) is 2.60. The molecule has 5 heteroatoms. The first-order valence-corrected chi connectivity index (χ1v) is 4.06. The van der Waals surface area contributed by atoms with Crippen LogP contribution < -0.4 is 5.32 Å². The van der Waals surface area contributed by atoms with Gasteiger partial charge in [-0.15, -0.1) is 0 Å². The second-order valence-corrected chi connectivity index (χ2v) is 2.82. The maximum Gasteiger partial charge on any atom is 0.518 e. The zero-order valence-corrected chi connectivity index (χ0v) is 6.83. The topological polar surface area (TPSA) is 56.8 Å². The summed E-state index contributed by atoms with van der Waals surface area (Å²) < 4.78 is 14.9. The number of carbonyl (C=O) groups is 1. The van der Waals surface area contributed by atoms with Crippen molar-refractivity contribution in [2.75, 3.05) is 13.2 Å². The highest BCUT2D eigenvalue weighted by atomic mass is 17.0. The molecule has 0 aromatic rings. The highest BCUT2D eigenvalue weighted by Crippen LogP contribution is 2.33. The average Bonchev–Trinajstić information content (AvgIpc) is 2.03. The molecule has 2 heterocycles. The molecule has 1 spiro atoms. The molecule has 1 N–H and O–H groups in total. The Hall–Kier alpha value is -0.810. The van der Waals surface area contributed by atoms with Gasteiger partial charge in [-0.3, -0.25) is 0 Å². The molecule has 0 bridgehead atoms. The Morgan fingerprint density at radius 2 is 2.42 bits per heavy atom. The van der Waals surface area contributed by atoms with E-state index in [1.807, 2.05) is 6.92 Å². The fraction of sp³-hybridized carbons (Fsp3) is 0.857. The van der Waals surface area contributed by atoms with E-state index in [2.05, 4.69) is 5.32 Å². The Labute approximate surface area is 70.0 Å². The summed E-state index contributed by atoms with van der Waals surface area (Å²) >= 11 is 0. The zero-order valence-electron chi connectivity index (χ0n) is 6.83. The molecule has 2 fully saturated rings. The molecule has 68 valence electrons. The molecule has 2 aliphatic rings. The van der Waals surface area contributed by atoms with E-state index in [4.69, 9.17) is 14.2 Å². The van der Waals surface area contributed by atoms with Gasteiger partial charge < -0.3 is 19.5 Å². The van der Waals surface area contributed by atoms with Gasteiger partial charge in [-0.1, -0.05) is 6.92 Å². The molecule has 2 saturated heterocycles. The van der Waals surface area contributed by atoms with E-state index < -0.39 is 12.1 Å². The van der Waals surface area contributed by atoms with Gasteiger partial charge in [0, 0.05) is 6.54 Å². The maximum atomic E-state index is 10.5. The Balaban J connectivity index is 2.05. The molecule has 2 aliphatic heterocycles. The normalized spacial score (nSPS) is 32.1. The lowest BCUT2D eigenvalue weighted by atomic mass is 10.1. The van der Waals surface area contributed by atoms with Crippen molar-refractivity contribution in [1.82, 2.24) is 5.32 Å². The van der Waals surface area contributed by atoms with Crippen molar-refractivity contribution in [3.8, 4) is 0 Å². The summed E-state index contributed by atoms with van der Waals surface area (Å²) in [5.41, 5.74) is 0. The largest absolute Gasteiger partial charge is 0.518 e. The third-order valence-corrected chi connectivity index (χ3v) is 2.08. The van der Waals surface area contributed by atoms with Crippen LogP contribution in [0.4, 0.5) is 4.79 Å². The van der Waals surface area contributed by atoms with E-state index in [1.165, 1.54) is 0 Å². The second-order valence-electron chi connectivity index (χ2n) is 2.82. The van der Waals surface area contributed by atoms with Crippen LogP contribution in [0.25, 0.3) is 0 Å². The summed E-state index contributed by atoms with van der Waals surface area (Å²) in [7, 11) is 0. The lowest BCUT2D eigenvalue weighted by Crippen LogP contribution is -2.67. The SMILES string of the molecule is CCC1NCCOC12OC(=O)O2. The van der Waals surface area contributed by atoms with Crippen LogP contribution in [0.3, 0.4) is 0 Å². The van der Waals surface area contributed by atoms with E-state index in [0.717, 1.165) is 13.0 Å². The number of hydrogen-bond acceptors (Lipinski definition) is 5. The van der Waals surface area contributed by atoms with Crippen molar-refractivity contribution in [2.45, 2.75) is 25.4 Å². The molecule has 1 unspecified atom stereocenters. The van der Waals surface area contributed by atoms with Gasteiger partial charge in [-0.25, -0.2) is 4.79 Å². The van der Waals surface area contributed by atoms with E-state index in [1.54, 1.807) is 0 Å². The highest BCUT2D eigenvalue weighted by molar-refractivity contribution is 5.65. The van der Waals surface area contributed by atoms with Crippen molar-refractivity contribution >= 4 is 6.16 Å². The molecule has 0 aliphatic carbocycles. The molecule has 1 atom stereocenters. The highest BCUT2D eigenvalue weighted by Gasteiger charge is 2.57. The van der Waals surface area contributed by atoms with Crippen molar-refractivity contribution < 1.29 is 19.0 Å². The number of rotatable bonds is 1. The number of hydrogen-bond donors (Lipinski definition) is 1. The van der Waals surface area contributed by atoms with Crippen LogP contribution in [-0.4, -0.2) is 31.3 Å². The minimum atomic E-state index is -1.12. The van der Waals surface area contributed by atoms with Crippen LogP contribution >= 0.6 is 0 Å². The van der Waals surface area contributed by atoms with Gasteiger partial charge in [-0.2, -0.15) is 0 Å². The quantitative estimate of drug-likeness (QED) is 0.574. The van der Waals surface area contributed by atoms with Crippen LogP contribution in [0, 0.1) is 0 Å². The van der Waals surface area contributed by atoms with Gasteiger partial charge >= 0.3 is 12.1 Å². The minimum absolute atomic E-state index is 0.0519. The molecule has 2 rings (SSSR count). The van der Waals surface area contributed by atoms with Gasteiger partial charge in [0.2, 0.25) is 0 Å². The van der Waals surface area contributed by atoms with Crippen LogP contribution in [0.1, 0.15) is 13.3 Å². The lowest BCUT2D eigenvalue weighted by molar-refractivity contribution is -0.424. The summed E-state index contributed by atoms with van der Waals surface area (Å²) in [6.07, 6.45) is 0.143. The third-order valence-electron chi connectivity index (χ3n) is 2.08. The zero-order chi connectivity index (χ0) is 8.60.